The number of nitrogen functional groups attached to an aromatic ring is 1. The van der Waals surface area contributed by atoms with Gasteiger partial charge in [0.15, 0.2) is 0 Å². The normalized spacial score (nSPS) is 10.2. The first kappa shape index (κ1) is 13.5. The summed E-state index contributed by atoms with van der Waals surface area (Å²) >= 11 is 13.2. The summed E-state index contributed by atoms with van der Waals surface area (Å²) in [6.07, 6.45) is 0. The lowest BCUT2D eigenvalue weighted by molar-refractivity contribution is -0.113. The van der Waals surface area contributed by atoms with Gasteiger partial charge >= 0.3 is 0 Å². The lowest BCUT2D eigenvalue weighted by Crippen LogP contribution is -2.15. The molecule has 0 fully saturated rings. The highest BCUT2D eigenvalue weighted by molar-refractivity contribution is 7.99. The van der Waals surface area contributed by atoms with Crippen LogP contribution in [0.2, 0.25) is 10.0 Å². The molecule has 1 aromatic carbocycles. The van der Waals surface area contributed by atoms with Crippen molar-refractivity contribution in [2.24, 2.45) is 0 Å². The number of nitrogens with two attached hydrogens (primary N) is 1. The Hall–Kier alpha value is -0.580. The Labute approximate surface area is 109 Å². The predicted molar refractivity (Wildman–Crippen MR) is 72.5 cm³/mol. The standard InChI is InChI=1S/C10H12Cl2N2OS/c1-2-16-5-9(15)14-10-7(12)3-6(11)4-8(10)13/h3-4H,2,5,13H2,1H3,(H,14,15). The molecule has 16 heavy (non-hydrogen) atoms. The first-order valence-electron chi connectivity index (χ1n) is 4.66. The first-order valence-corrected chi connectivity index (χ1v) is 6.57. The quantitative estimate of drug-likeness (QED) is 0.832. The van der Waals surface area contributed by atoms with E-state index >= 15 is 0 Å². The third-order valence-electron chi connectivity index (χ3n) is 1.79. The Balaban J connectivity index is 2.77. The van der Waals surface area contributed by atoms with Gasteiger partial charge in [-0.1, -0.05) is 30.1 Å². The molecule has 0 aromatic heterocycles. The molecule has 0 spiro atoms. The minimum absolute atomic E-state index is 0.122. The van der Waals surface area contributed by atoms with E-state index in [9.17, 15) is 4.79 Å². The average Bonchev–Trinajstić information content (AvgIpc) is 2.20. The SMILES string of the molecule is CCSCC(=O)Nc1c(N)cc(Cl)cc1Cl. The van der Waals surface area contributed by atoms with Gasteiger partial charge in [0.2, 0.25) is 5.91 Å². The van der Waals surface area contributed by atoms with Crippen molar-refractivity contribution in [2.45, 2.75) is 6.92 Å². The van der Waals surface area contributed by atoms with Crippen molar-refractivity contribution in [3.63, 3.8) is 0 Å². The van der Waals surface area contributed by atoms with Crippen molar-refractivity contribution < 1.29 is 4.79 Å². The Morgan fingerprint density at radius 3 is 2.75 bits per heavy atom. The third kappa shape index (κ3) is 3.77. The topological polar surface area (TPSA) is 55.1 Å². The van der Waals surface area contributed by atoms with Crippen LogP contribution in [0.15, 0.2) is 12.1 Å². The van der Waals surface area contributed by atoms with Gasteiger partial charge in [-0.05, 0) is 17.9 Å². The molecule has 0 radical (unpaired) electrons. The largest absolute Gasteiger partial charge is 0.397 e. The fourth-order valence-corrected chi connectivity index (χ4v) is 2.11. The molecular weight excluding hydrogens is 267 g/mol. The summed E-state index contributed by atoms with van der Waals surface area (Å²) in [5.74, 6) is 1.15. The fraction of sp³-hybridized carbons (Fsp3) is 0.300. The fourth-order valence-electron chi connectivity index (χ4n) is 1.10. The van der Waals surface area contributed by atoms with Crippen LogP contribution >= 0.6 is 35.0 Å². The molecule has 0 aliphatic rings. The third-order valence-corrected chi connectivity index (χ3v) is 3.18. The Kier molecular flexibility index (Phi) is 5.25. The van der Waals surface area contributed by atoms with E-state index in [1.165, 1.54) is 11.8 Å². The van der Waals surface area contributed by atoms with E-state index in [0.717, 1.165) is 5.75 Å². The van der Waals surface area contributed by atoms with Gasteiger partial charge in [0.1, 0.15) is 0 Å². The number of halogens is 2. The van der Waals surface area contributed by atoms with E-state index in [1.807, 2.05) is 6.92 Å². The van der Waals surface area contributed by atoms with Gasteiger partial charge < -0.3 is 11.1 Å². The molecule has 0 aliphatic carbocycles. The molecule has 3 N–H and O–H groups in total. The molecule has 88 valence electrons. The number of rotatable bonds is 4. The van der Waals surface area contributed by atoms with Crippen LogP contribution in [0.25, 0.3) is 0 Å². The van der Waals surface area contributed by atoms with Crippen LogP contribution < -0.4 is 11.1 Å². The van der Waals surface area contributed by atoms with Gasteiger partial charge in [0.05, 0.1) is 22.2 Å². The molecule has 0 bridgehead atoms. The van der Waals surface area contributed by atoms with E-state index in [1.54, 1.807) is 12.1 Å². The first-order chi connectivity index (χ1) is 7.54. The van der Waals surface area contributed by atoms with Crippen molar-refractivity contribution in [3.8, 4) is 0 Å². The van der Waals surface area contributed by atoms with Crippen LogP contribution in [0, 0.1) is 0 Å². The summed E-state index contributed by atoms with van der Waals surface area (Å²) in [6.45, 7) is 1.99. The van der Waals surface area contributed by atoms with E-state index in [0.29, 0.717) is 27.2 Å². The molecule has 1 rings (SSSR count). The van der Waals surface area contributed by atoms with Gasteiger partial charge in [-0.15, -0.1) is 0 Å². The minimum atomic E-state index is -0.122. The molecule has 0 atom stereocenters. The maximum Gasteiger partial charge on any atom is 0.234 e. The van der Waals surface area contributed by atoms with Crippen LogP contribution in [0.5, 0.6) is 0 Å². The van der Waals surface area contributed by atoms with Crippen molar-refractivity contribution in [2.75, 3.05) is 22.6 Å². The molecular formula is C10H12Cl2N2OS. The molecule has 0 unspecified atom stereocenters. The molecule has 1 aromatic rings. The number of thioether (sulfide) groups is 1. The summed E-state index contributed by atoms with van der Waals surface area (Å²) < 4.78 is 0. The molecule has 0 saturated heterocycles. The highest BCUT2D eigenvalue weighted by Crippen LogP contribution is 2.32. The zero-order chi connectivity index (χ0) is 12.1. The molecule has 1 amide bonds. The van der Waals surface area contributed by atoms with Crippen molar-refractivity contribution in [1.29, 1.82) is 0 Å². The van der Waals surface area contributed by atoms with Gasteiger partial charge in [-0.25, -0.2) is 0 Å². The highest BCUT2D eigenvalue weighted by Gasteiger charge is 2.10. The van der Waals surface area contributed by atoms with E-state index in [-0.39, 0.29) is 5.91 Å². The molecule has 6 heteroatoms. The monoisotopic (exact) mass is 278 g/mol. The average molecular weight is 279 g/mol. The van der Waals surface area contributed by atoms with E-state index < -0.39 is 0 Å². The Morgan fingerprint density at radius 1 is 1.50 bits per heavy atom. The number of benzene rings is 1. The number of nitrogens with one attached hydrogen (secondary N) is 1. The maximum absolute atomic E-state index is 11.5. The van der Waals surface area contributed by atoms with Crippen molar-refractivity contribution in [1.82, 2.24) is 0 Å². The lowest BCUT2D eigenvalue weighted by atomic mass is 10.2. The summed E-state index contributed by atoms with van der Waals surface area (Å²) in [5.41, 5.74) is 6.50. The van der Waals surface area contributed by atoms with Gasteiger partial charge in [0, 0.05) is 5.02 Å². The van der Waals surface area contributed by atoms with Crippen LogP contribution in [0.4, 0.5) is 11.4 Å². The Morgan fingerprint density at radius 2 is 2.19 bits per heavy atom. The smallest absolute Gasteiger partial charge is 0.234 e. The van der Waals surface area contributed by atoms with Crippen molar-refractivity contribution >= 4 is 52.2 Å². The van der Waals surface area contributed by atoms with Crippen LogP contribution in [-0.4, -0.2) is 17.4 Å². The second kappa shape index (κ2) is 6.23. The molecule has 3 nitrogen and oxygen atoms in total. The summed E-state index contributed by atoms with van der Waals surface area (Å²) in [5, 5.41) is 3.46. The lowest BCUT2D eigenvalue weighted by Gasteiger charge is -2.10. The van der Waals surface area contributed by atoms with Crippen LogP contribution in [0.1, 0.15) is 6.92 Å². The summed E-state index contributed by atoms with van der Waals surface area (Å²) in [4.78, 5) is 11.5. The Bertz CT molecular complexity index is 375. The number of hydrogen-bond acceptors (Lipinski definition) is 3. The number of hydrogen-bond donors (Lipinski definition) is 2. The van der Waals surface area contributed by atoms with Crippen LogP contribution in [0.3, 0.4) is 0 Å². The van der Waals surface area contributed by atoms with Crippen LogP contribution in [-0.2, 0) is 4.79 Å². The number of carbonyl (C=O) groups excluding carboxylic acids is 1. The zero-order valence-electron chi connectivity index (χ0n) is 8.72. The van der Waals surface area contributed by atoms with E-state index in [2.05, 4.69) is 5.32 Å². The number of amides is 1. The molecule has 0 heterocycles. The maximum atomic E-state index is 11.5. The minimum Gasteiger partial charge on any atom is -0.397 e. The summed E-state index contributed by atoms with van der Waals surface area (Å²) in [6, 6.07) is 3.10. The second-order valence-electron chi connectivity index (χ2n) is 3.04. The zero-order valence-corrected chi connectivity index (χ0v) is 11.0. The predicted octanol–water partition coefficient (Wildman–Crippen LogP) is 3.27. The molecule has 0 aliphatic heterocycles. The second-order valence-corrected chi connectivity index (χ2v) is 5.16. The molecule has 0 saturated carbocycles. The highest BCUT2D eigenvalue weighted by atomic mass is 35.5. The van der Waals surface area contributed by atoms with Gasteiger partial charge in [0.25, 0.3) is 0 Å². The van der Waals surface area contributed by atoms with Gasteiger partial charge in [-0.2, -0.15) is 11.8 Å². The van der Waals surface area contributed by atoms with E-state index in [4.69, 9.17) is 28.9 Å². The number of anilines is 2. The van der Waals surface area contributed by atoms with Gasteiger partial charge in [-0.3, -0.25) is 4.79 Å². The van der Waals surface area contributed by atoms with Crippen molar-refractivity contribution in [3.05, 3.63) is 22.2 Å². The number of carbonyl (C=O) groups is 1. The summed E-state index contributed by atoms with van der Waals surface area (Å²) in [7, 11) is 0.